The van der Waals surface area contributed by atoms with Gasteiger partial charge in [0.1, 0.15) is 17.5 Å². The summed E-state index contributed by atoms with van der Waals surface area (Å²) in [5, 5.41) is 0.0186. The predicted octanol–water partition coefficient (Wildman–Crippen LogP) is 2.73. The van der Waals surface area contributed by atoms with E-state index in [-0.39, 0.29) is 23.3 Å². The van der Waals surface area contributed by atoms with Crippen molar-refractivity contribution >= 4 is 22.8 Å². The summed E-state index contributed by atoms with van der Waals surface area (Å²) in [5.74, 6) is -2.62. The lowest BCUT2D eigenvalue weighted by molar-refractivity contribution is -0.116. The zero-order chi connectivity index (χ0) is 20.5. The third-order valence-electron chi connectivity index (χ3n) is 4.72. The third kappa shape index (κ3) is 3.94. The molecule has 0 spiro atoms. The summed E-state index contributed by atoms with van der Waals surface area (Å²) in [6, 6.07) is 6.47. The van der Waals surface area contributed by atoms with Crippen molar-refractivity contribution in [3.05, 3.63) is 69.8 Å². The number of hydrogen-bond acceptors (Lipinski definition) is 4. The topological polar surface area (TPSA) is 67.2 Å². The number of nitrogens with one attached hydrogen (secondary N) is 1. The molecule has 1 aromatic heterocycles. The first-order valence-corrected chi connectivity index (χ1v) is 9.13. The maximum absolute atomic E-state index is 13.6. The average Bonchev–Trinajstić information content (AvgIpc) is 3.18. The lowest BCUT2D eigenvalue weighted by Gasteiger charge is -2.22. The number of carbonyl (C=O) groups excluding carboxylic acids is 1. The van der Waals surface area contributed by atoms with E-state index in [1.165, 1.54) is 12.1 Å². The first-order chi connectivity index (χ1) is 13.9. The largest absolute Gasteiger partial charge is 0.341 e. The molecular weight excluding hydrogens is 385 g/mol. The van der Waals surface area contributed by atoms with E-state index in [4.69, 9.17) is 0 Å². The summed E-state index contributed by atoms with van der Waals surface area (Å²) in [5.41, 5.74) is 2.26. The quantitative estimate of drug-likeness (QED) is 0.729. The van der Waals surface area contributed by atoms with Crippen molar-refractivity contribution in [3.63, 3.8) is 0 Å². The van der Waals surface area contributed by atoms with Crippen molar-refractivity contribution < 1.29 is 18.0 Å². The van der Waals surface area contributed by atoms with Gasteiger partial charge in [0.2, 0.25) is 11.9 Å². The number of aromatic nitrogens is 2. The second-order valence-corrected chi connectivity index (χ2v) is 6.90. The van der Waals surface area contributed by atoms with Gasteiger partial charge in [-0.1, -0.05) is 0 Å². The number of halogens is 3. The van der Waals surface area contributed by atoms with Crippen molar-refractivity contribution in [2.75, 3.05) is 23.4 Å². The minimum absolute atomic E-state index is 0.0186. The summed E-state index contributed by atoms with van der Waals surface area (Å²) >= 11 is 0. The van der Waals surface area contributed by atoms with Gasteiger partial charge in [0.05, 0.1) is 17.3 Å². The Morgan fingerprint density at radius 2 is 1.69 bits per heavy atom. The van der Waals surface area contributed by atoms with Crippen LogP contribution < -0.4 is 15.9 Å². The van der Waals surface area contributed by atoms with Crippen molar-refractivity contribution in [2.24, 2.45) is 0 Å². The summed E-state index contributed by atoms with van der Waals surface area (Å²) in [7, 11) is 0. The maximum Gasteiger partial charge on any atom is 0.281 e. The van der Waals surface area contributed by atoms with Crippen molar-refractivity contribution in [3.8, 4) is 0 Å². The number of fused-ring (bicyclic) bond motifs is 1. The second kappa shape index (κ2) is 7.57. The molecule has 0 unspecified atom stereocenters. The van der Waals surface area contributed by atoms with Gasteiger partial charge < -0.3 is 4.90 Å². The molecule has 150 valence electrons. The van der Waals surface area contributed by atoms with E-state index in [1.54, 1.807) is 0 Å². The number of carbonyl (C=O) groups is 1. The third-order valence-corrected chi connectivity index (χ3v) is 4.72. The molecule has 3 aromatic rings. The van der Waals surface area contributed by atoms with Gasteiger partial charge in [0.15, 0.2) is 0 Å². The van der Waals surface area contributed by atoms with E-state index >= 15 is 0 Å². The lowest BCUT2D eigenvalue weighted by atomic mass is 10.1. The summed E-state index contributed by atoms with van der Waals surface area (Å²) < 4.78 is 41.4. The van der Waals surface area contributed by atoms with Crippen LogP contribution in [0.3, 0.4) is 0 Å². The van der Waals surface area contributed by atoms with E-state index in [0.29, 0.717) is 24.7 Å². The molecule has 1 aliphatic rings. The summed E-state index contributed by atoms with van der Waals surface area (Å²) in [6.45, 7) is 1.31. The molecule has 9 heteroatoms. The first kappa shape index (κ1) is 19.0. The molecule has 1 N–H and O–H groups in total. The number of nitrogens with zero attached hydrogens (tertiary/aromatic N) is 3. The first-order valence-electron chi connectivity index (χ1n) is 9.13. The van der Waals surface area contributed by atoms with E-state index in [9.17, 15) is 22.8 Å². The van der Waals surface area contributed by atoms with E-state index in [0.717, 1.165) is 35.7 Å². The van der Waals surface area contributed by atoms with Crippen molar-refractivity contribution in [1.29, 1.82) is 0 Å². The Labute approximate surface area is 163 Å². The highest BCUT2D eigenvalue weighted by Crippen LogP contribution is 2.19. The SMILES string of the molecule is O=C(Cc1cc(F)cc(F)c1)Nn1c(N2CCCC2)nc2ccc(F)cc2c1=O. The van der Waals surface area contributed by atoms with Crippen LogP contribution in [-0.4, -0.2) is 28.7 Å². The van der Waals surface area contributed by atoms with Crippen LogP contribution in [0.25, 0.3) is 10.9 Å². The van der Waals surface area contributed by atoms with Gasteiger partial charge >= 0.3 is 0 Å². The molecule has 1 amide bonds. The van der Waals surface area contributed by atoms with Gasteiger partial charge in [-0.2, -0.15) is 4.68 Å². The van der Waals surface area contributed by atoms with Gasteiger partial charge in [0, 0.05) is 19.2 Å². The van der Waals surface area contributed by atoms with E-state index < -0.39 is 28.9 Å². The lowest BCUT2D eigenvalue weighted by Crippen LogP contribution is -2.39. The standard InChI is InChI=1S/C20H17F3N4O2/c21-13-3-4-17-16(11-13)19(29)27(20(24-17)26-5-1-2-6-26)25-18(28)9-12-7-14(22)10-15(23)8-12/h3-4,7-8,10-11H,1-2,5-6,9H2,(H,25,28). The molecule has 2 aromatic carbocycles. The van der Waals surface area contributed by atoms with Crippen LogP contribution >= 0.6 is 0 Å². The van der Waals surface area contributed by atoms with Gasteiger partial charge in [-0.05, 0) is 48.7 Å². The molecule has 29 heavy (non-hydrogen) atoms. The molecule has 1 saturated heterocycles. The van der Waals surface area contributed by atoms with E-state index in [1.807, 2.05) is 4.90 Å². The minimum atomic E-state index is -0.800. The zero-order valence-electron chi connectivity index (χ0n) is 15.3. The fraction of sp³-hybridized carbons (Fsp3) is 0.250. The van der Waals surface area contributed by atoms with Crippen LogP contribution in [0.4, 0.5) is 19.1 Å². The highest BCUT2D eigenvalue weighted by molar-refractivity contribution is 5.87. The van der Waals surface area contributed by atoms with Crippen LogP contribution in [0.1, 0.15) is 18.4 Å². The molecule has 2 heterocycles. The van der Waals surface area contributed by atoms with Crippen LogP contribution in [0.5, 0.6) is 0 Å². The van der Waals surface area contributed by atoms with Gasteiger partial charge in [-0.15, -0.1) is 0 Å². The number of anilines is 1. The van der Waals surface area contributed by atoms with Crippen LogP contribution in [0.2, 0.25) is 0 Å². The Bertz CT molecular complexity index is 1140. The Balaban J connectivity index is 1.72. The van der Waals surface area contributed by atoms with Crippen molar-refractivity contribution in [2.45, 2.75) is 19.3 Å². The molecule has 6 nitrogen and oxygen atoms in total. The fourth-order valence-electron chi connectivity index (χ4n) is 3.44. The number of hydrogen-bond donors (Lipinski definition) is 1. The Hall–Kier alpha value is -3.36. The number of amides is 1. The summed E-state index contributed by atoms with van der Waals surface area (Å²) in [6.07, 6.45) is 1.48. The second-order valence-electron chi connectivity index (χ2n) is 6.90. The highest BCUT2D eigenvalue weighted by Gasteiger charge is 2.22. The normalized spacial score (nSPS) is 13.8. The van der Waals surface area contributed by atoms with Crippen LogP contribution in [0, 0.1) is 17.5 Å². The summed E-state index contributed by atoms with van der Waals surface area (Å²) in [4.78, 5) is 31.7. The molecule has 1 fully saturated rings. The Morgan fingerprint density at radius 3 is 2.38 bits per heavy atom. The Kier molecular flexibility index (Phi) is 4.96. The number of benzene rings is 2. The van der Waals surface area contributed by atoms with Crippen LogP contribution in [-0.2, 0) is 11.2 Å². The zero-order valence-corrected chi connectivity index (χ0v) is 15.3. The maximum atomic E-state index is 13.6. The fourth-order valence-corrected chi connectivity index (χ4v) is 3.44. The molecule has 4 rings (SSSR count). The van der Waals surface area contributed by atoms with Gasteiger partial charge in [-0.3, -0.25) is 15.0 Å². The van der Waals surface area contributed by atoms with E-state index in [2.05, 4.69) is 10.4 Å². The van der Waals surface area contributed by atoms with Gasteiger partial charge in [-0.25, -0.2) is 18.2 Å². The van der Waals surface area contributed by atoms with Gasteiger partial charge in [0.25, 0.3) is 5.56 Å². The van der Waals surface area contributed by atoms with Crippen molar-refractivity contribution in [1.82, 2.24) is 9.66 Å². The molecule has 0 aliphatic carbocycles. The Morgan fingerprint density at radius 1 is 1.00 bits per heavy atom. The molecular formula is C20H17F3N4O2. The van der Waals surface area contributed by atoms with Crippen LogP contribution in [0.15, 0.2) is 41.2 Å². The molecule has 0 radical (unpaired) electrons. The molecule has 0 atom stereocenters. The average molecular weight is 402 g/mol. The monoisotopic (exact) mass is 402 g/mol. The smallest absolute Gasteiger partial charge is 0.281 e. The highest BCUT2D eigenvalue weighted by atomic mass is 19.1. The molecule has 0 saturated carbocycles. The number of rotatable bonds is 4. The molecule has 1 aliphatic heterocycles. The predicted molar refractivity (Wildman–Crippen MR) is 102 cm³/mol. The molecule has 0 bridgehead atoms. The minimum Gasteiger partial charge on any atom is -0.341 e.